The summed E-state index contributed by atoms with van der Waals surface area (Å²) in [6.07, 6.45) is 5.00. The minimum absolute atomic E-state index is 0. The summed E-state index contributed by atoms with van der Waals surface area (Å²) >= 11 is 0. The van der Waals surface area contributed by atoms with Crippen molar-refractivity contribution >= 4 is 24.2 Å². The SMILES string of the molecule is Cl.O=C(NCCC1CCCNC1)C1CCN(C(=O)COc2ccccc2)CC1. The van der Waals surface area contributed by atoms with Crippen LogP contribution >= 0.6 is 12.4 Å². The standard InChI is InChI=1S/C21H31N3O3.ClH/c25-20(16-27-19-6-2-1-3-7-19)24-13-9-18(10-14-24)21(26)23-12-8-17-5-4-11-22-15-17;/h1-3,6-7,17-18,22H,4-5,8-16H2,(H,23,26);1H. The summed E-state index contributed by atoms with van der Waals surface area (Å²) in [6.45, 7) is 4.26. The Kier molecular flexibility index (Phi) is 9.58. The lowest BCUT2D eigenvalue weighted by Gasteiger charge is -2.31. The Labute approximate surface area is 173 Å². The minimum Gasteiger partial charge on any atom is -0.484 e. The first-order valence-electron chi connectivity index (χ1n) is 10.2. The van der Waals surface area contributed by atoms with Crippen molar-refractivity contribution in [2.45, 2.75) is 32.1 Å². The van der Waals surface area contributed by atoms with Gasteiger partial charge >= 0.3 is 0 Å². The molecular formula is C21H32ClN3O3. The molecule has 0 bridgehead atoms. The number of carbonyl (C=O) groups excluding carboxylic acids is 2. The number of amides is 2. The van der Waals surface area contributed by atoms with Gasteiger partial charge in [0.15, 0.2) is 6.61 Å². The molecule has 156 valence electrons. The summed E-state index contributed by atoms with van der Waals surface area (Å²) in [5.74, 6) is 1.54. The molecule has 0 saturated carbocycles. The molecule has 0 radical (unpaired) electrons. The number of ether oxygens (including phenoxy) is 1. The molecule has 28 heavy (non-hydrogen) atoms. The molecule has 1 aromatic rings. The molecule has 2 N–H and O–H groups in total. The van der Waals surface area contributed by atoms with E-state index < -0.39 is 0 Å². The molecule has 2 amide bonds. The number of carbonyl (C=O) groups is 2. The second-order valence-electron chi connectivity index (χ2n) is 7.55. The van der Waals surface area contributed by atoms with Gasteiger partial charge in [-0.05, 0) is 63.2 Å². The largest absolute Gasteiger partial charge is 0.484 e. The maximum atomic E-state index is 12.4. The molecule has 1 aromatic carbocycles. The van der Waals surface area contributed by atoms with E-state index in [0.717, 1.165) is 38.9 Å². The molecule has 0 spiro atoms. The van der Waals surface area contributed by atoms with Crippen molar-refractivity contribution in [3.8, 4) is 5.75 Å². The Morgan fingerprint density at radius 3 is 2.57 bits per heavy atom. The number of para-hydroxylation sites is 1. The van der Waals surface area contributed by atoms with Crippen molar-refractivity contribution in [1.29, 1.82) is 0 Å². The maximum absolute atomic E-state index is 12.4. The normalized spacial score (nSPS) is 20.1. The summed E-state index contributed by atoms with van der Waals surface area (Å²) in [5.41, 5.74) is 0. The second-order valence-corrected chi connectivity index (χ2v) is 7.55. The Hall–Kier alpha value is -1.79. The number of piperidine rings is 2. The van der Waals surface area contributed by atoms with E-state index in [1.807, 2.05) is 30.3 Å². The van der Waals surface area contributed by atoms with Gasteiger partial charge in [0.25, 0.3) is 5.91 Å². The van der Waals surface area contributed by atoms with E-state index >= 15 is 0 Å². The van der Waals surface area contributed by atoms with E-state index in [2.05, 4.69) is 10.6 Å². The molecule has 3 rings (SSSR count). The molecule has 1 unspecified atom stereocenters. The first-order chi connectivity index (χ1) is 13.2. The predicted molar refractivity (Wildman–Crippen MR) is 112 cm³/mol. The van der Waals surface area contributed by atoms with Gasteiger partial charge in [0.2, 0.25) is 5.91 Å². The van der Waals surface area contributed by atoms with Crippen molar-refractivity contribution in [2.24, 2.45) is 11.8 Å². The second kappa shape index (κ2) is 11.9. The van der Waals surface area contributed by atoms with Crippen LogP contribution < -0.4 is 15.4 Å². The van der Waals surface area contributed by atoms with Gasteiger partial charge in [0.1, 0.15) is 5.75 Å². The van der Waals surface area contributed by atoms with Crippen LogP contribution in [0.4, 0.5) is 0 Å². The molecule has 6 nitrogen and oxygen atoms in total. The Morgan fingerprint density at radius 2 is 1.89 bits per heavy atom. The Balaban J connectivity index is 0.00000280. The molecule has 0 aromatic heterocycles. The quantitative estimate of drug-likeness (QED) is 0.724. The molecule has 2 fully saturated rings. The molecule has 2 aliphatic rings. The number of halogens is 1. The molecule has 1 atom stereocenters. The van der Waals surface area contributed by atoms with Crippen LogP contribution in [0.1, 0.15) is 32.1 Å². The Morgan fingerprint density at radius 1 is 1.14 bits per heavy atom. The first kappa shape index (κ1) is 22.5. The van der Waals surface area contributed by atoms with Crippen molar-refractivity contribution in [3.63, 3.8) is 0 Å². The van der Waals surface area contributed by atoms with Gasteiger partial charge in [-0.1, -0.05) is 18.2 Å². The predicted octanol–water partition coefficient (Wildman–Crippen LogP) is 2.23. The zero-order valence-corrected chi connectivity index (χ0v) is 17.2. The number of benzene rings is 1. The third-order valence-corrected chi connectivity index (χ3v) is 5.57. The molecule has 7 heteroatoms. The highest BCUT2D eigenvalue weighted by molar-refractivity contribution is 5.85. The van der Waals surface area contributed by atoms with Crippen molar-refractivity contribution < 1.29 is 14.3 Å². The number of hydrogen-bond donors (Lipinski definition) is 2. The van der Waals surface area contributed by atoms with Crippen molar-refractivity contribution in [1.82, 2.24) is 15.5 Å². The first-order valence-corrected chi connectivity index (χ1v) is 10.2. The van der Waals surface area contributed by atoms with Crippen LogP contribution in [-0.2, 0) is 9.59 Å². The summed E-state index contributed by atoms with van der Waals surface area (Å²) < 4.78 is 5.53. The van der Waals surface area contributed by atoms with Crippen LogP contribution in [0.3, 0.4) is 0 Å². The third-order valence-electron chi connectivity index (χ3n) is 5.57. The highest BCUT2D eigenvalue weighted by Crippen LogP contribution is 2.18. The van der Waals surface area contributed by atoms with Crippen LogP contribution in [0.2, 0.25) is 0 Å². The molecule has 0 aliphatic carbocycles. The average Bonchev–Trinajstić information content (AvgIpc) is 2.73. The lowest BCUT2D eigenvalue weighted by Crippen LogP contribution is -2.44. The number of likely N-dealkylation sites (tertiary alicyclic amines) is 1. The van der Waals surface area contributed by atoms with E-state index in [4.69, 9.17) is 4.74 Å². The van der Waals surface area contributed by atoms with Gasteiger partial charge in [0.05, 0.1) is 0 Å². The highest BCUT2D eigenvalue weighted by atomic mass is 35.5. The van der Waals surface area contributed by atoms with Gasteiger partial charge in [-0.3, -0.25) is 9.59 Å². The van der Waals surface area contributed by atoms with Gasteiger partial charge in [-0.15, -0.1) is 12.4 Å². The number of nitrogens with zero attached hydrogens (tertiary/aromatic N) is 1. The maximum Gasteiger partial charge on any atom is 0.260 e. The Bertz CT molecular complexity index is 600. The summed E-state index contributed by atoms with van der Waals surface area (Å²) in [5, 5.41) is 6.51. The summed E-state index contributed by atoms with van der Waals surface area (Å²) in [6, 6.07) is 9.36. The number of rotatable bonds is 7. The lowest BCUT2D eigenvalue weighted by molar-refractivity contribution is -0.137. The average molecular weight is 410 g/mol. The van der Waals surface area contributed by atoms with E-state index in [1.165, 1.54) is 12.8 Å². The van der Waals surface area contributed by atoms with E-state index in [9.17, 15) is 9.59 Å². The van der Waals surface area contributed by atoms with Crippen LogP contribution in [0.25, 0.3) is 0 Å². The topological polar surface area (TPSA) is 70.7 Å². The van der Waals surface area contributed by atoms with E-state index in [-0.39, 0.29) is 36.7 Å². The zero-order chi connectivity index (χ0) is 18.9. The molecule has 2 heterocycles. The fourth-order valence-corrected chi connectivity index (χ4v) is 3.86. The molecular weight excluding hydrogens is 378 g/mol. The lowest BCUT2D eigenvalue weighted by atomic mass is 9.94. The van der Waals surface area contributed by atoms with Crippen LogP contribution in [0, 0.1) is 11.8 Å². The van der Waals surface area contributed by atoms with Gasteiger partial charge < -0.3 is 20.3 Å². The fraction of sp³-hybridized carbons (Fsp3) is 0.619. The van der Waals surface area contributed by atoms with E-state index in [0.29, 0.717) is 24.8 Å². The monoisotopic (exact) mass is 409 g/mol. The smallest absolute Gasteiger partial charge is 0.260 e. The fourth-order valence-electron chi connectivity index (χ4n) is 3.86. The minimum atomic E-state index is -0.0116. The third kappa shape index (κ3) is 6.99. The van der Waals surface area contributed by atoms with Crippen molar-refractivity contribution in [2.75, 3.05) is 39.3 Å². The van der Waals surface area contributed by atoms with E-state index in [1.54, 1.807) is 4.90 Å². The highest BCUT2D eigenvalue weighted by Gasteiger charge is 2.27. The zero-order valence-electron chi connectivity index (χ0n) is 16.4. The van der Waals surface area contributed by atoms with Crippen LogP contribution in [0.5, 0.6) is 5.75 Å². The van der Waals surface area contributed by atoms with Gasteiger partial charge in [-0.2, -0.15) is 0 Å². The van der Waals surface area contributed by atoms with Crippen LogP contribution in [0.15, 0.2) is 30.3 Å². The van der Waals surface area contributed by atoms with Crippen LogP contribution in [-0.4, -0.2) is 56.0 Å². The van der Waals surface area contributed by atoms with Crippen molar-refractivity contribution in [3.05, 3.63) is 30.3 Å². The van der Waals surface area contributed by atoms with Gasteiger partial charge in [-0.25, -0.2) is 0 Å². The van der Waals surface area contributed by atoms with Gasteiger partial charge in [0, 0.05) is 25.6 Å². The molecule has 2 aliphatic heterocycles. The summed E-state index contributed by atoms with van der Waals surface area (Å²) in [7, 11) is 0. The number of hydrogen-bond acceptors (Lipinski definition) is 4. The number of nitrogens with one attached hydrogen (secondary N) is 2. The molecule has 2 saturated heterocycles. The summed E-state index contributed by atoms with van der Waals surface area (Å²) in [4.78, 5) is 26.5.